The van der Waals surface area contributed by atoms with Crippen molar-refractivity contribution in [2.45, 2.75) is 31.5 Å². The smallest absolute Gasteiger partial charge is 0.117 e. The summed E-state index contributed by atoms with van der Waals surface area (Å²) in [5, 5.41) is 0. The van der Waals surface area contributed by atoms with Gasteiger partial charge in [-0.15, -0.1) is 6.58 Å². The van der Waals surface area contributed by atoms with Gasteiger partial charge in [0, 0.05) is 18.5 Å². The lowest BCUT2D eigenvalue weighted by Gasteiger charge is -2.38. The molecule has 0 radical (unpaired) electrons. The number of fused-ring (bicyclic) bond motifs is 1. The molecule has 0 aromatic carbocycles. The number of hydrogen-bond acceptors (Lipinski definition) is 4. The summed E-state index contributed by atoms with van der Waals surface area (Å²) in [6.07, 6.45) is 6.23. The zero-order valence-electron chi connectivity index (χ0n) is 11.9. The van der Waals surface area contributed by atoms with Gasteiger partial charge in [-0.05, 0) is 25.0 Å². The first-order valence-corrected chi connectivity index (χ1v) is 7.45. The van der Waals surface area contributed by atoms with E-state index in [4.69, 9.17) is 13.9 Å². The Bertz CT molecular complexity index is 417. The van der Waals surface area contributed by atoms with Crippen LogP contribution >= 0.6 is 0 Å². The molecule has 2 fully saturated rings. The zero-order valence-corrected chi connectivity index (χ0v) is 11.9. The van der Waals surface area contributed by atoms with E-state index in [9.17, 15) is 0 Å². The molecule has 0 unspecified atom stereocenters. The maximum Gasteiger partial charge on any atom is 0.117 e. The van der Waals surface area contributed by atoms with E-state index >= 15 is 0 Å². The predicted molar refractivity (Wildman–Crippen MR) is 76.4 cm³/mol. The van der Waals surface area contributed by atoms with Crippen molar-refractivity contribution in [2.24, 2.45) is 5.92 Å². The minimum atomic E-state index is 0.309. The SMILES string of the molecule is C=CCOC[C@@H]1CC[C@H]2[C@@H]1OCCN2Cc1ccco1. The van der Waals surface area contributed by atoms with Gasteiger partial charge in [0.05, 0.1) is 38.7 Å². The fourth-order valence-electron chi connectivity index (χ4n) is 3.42. The monoisotopic (exact) mass is 277 g/mol. The molecule has 1 aliphatic heterocycles. The van der Waals surface area contributed by atoms with Gasteiger partial charge in [-0.3, -0.25) is 4.90 Å². The highest BCUT2D eigenvalue weighted by molar-refractivity contribution is 5.01. The van der Waals surface area contributed by atoms with E-state index in [0.29, 0.717) is 24.7 Å². The number of morpholine rings is 1. The fourth-order valence-corrected chi connectivity index (χ4v) is 3.42. The van der Waals surface area contributed by atoms with E-state index in [2.05, 4.69) is 11.5 Å². The Balaban J connectivity index is 1.58. The number of rotatable bonds is 6. The Labute approximate surface area is 120 Å². The van der Waals surface area contributed by atoms with Crippen LogP contribution in [0.25, 0.3) is 0 Å². The Kier molecular flexibility index (Phi) is 4.55. The second-order valence-corrected chi connectivity index (χ2v) is 5.62. The molecule has 1 saturated heterocycles. The summed E-state index contributed by atoms with van der Waals surface area (Å²) in [6, 6.07) is 4.50. The van der Waals surface area contributed by atoms with Gasteiger partial charge in [0.1, 0.15) is 5.76 Å². The molecule has 1 aromatic heterocycles. The molecule has 0 spiro atoms. The van der Waals surface area contributed by atoms with Crippen LogP contribution in [0.15, 0.2) is 35.5 Å². The molecule has 3 atom stereocenters. The Morgan fingerprint density at radius 2 is 2.40 bits per heavy atom. The van der Waals surface area contributed by atoms with Gasteiger partial charge in [-0.2, -0.15) is 0 Å². The molecule has 4 nitrogen and oxygen atoms in total. The lowest BCUT2D eigenvalue weighted by atomic mass is 10.0. The predicted octanol–water partition coefficient (Wildman–Crippen LogP) is 2.46. The molecular formula is C16H23NO3. The molecule has 0 N–H and O–H groups in total. The fraction of sp³-hybridized carbons (Fsp3) is 0.625. The van der Waals surface area contributed by atoms with Crippen LogP contribution in [0.2, 0.25) is 0 Å². The summed E-state index contributed by atoms with van der Waals surface area (Å²) in [5.74, 6) is 1.55. The van der Waals surface area contributed by atoms with Crippen molar-refractivity contribution in [2.75, 3.05) is 26.4 Å². The standard InChI is InChI=1S/C16H23NO3/c1-2-8-18-12-13-5-6-15-16(13)20-10-7-17(15)11-14-4-3-9-19-14/h2-4,9,13,15-16H,1,5-8,10-12H2/t13-,15-,16+/m0/s1. The van der Waals surface area contributed by atoms with Crippen LogP contribution in [0.3, 0.4) is 0 Å². The molecule has 110 valence electrons. The molecule has 20 heavy (non-hydrogen) atoms. The molecule has 1 aliphatic carbocycles. The van der Waals surface area contributed by atoms with Crippen LogP contribution in [-0.2, 0) is 16.0 Å². The van der Waals surface area contributed by atoms with Gasteiger partial charge in [-0.1, -0.05) is 6.08 Å². The van der Waals surface area contributed by atoms with Crippen molar-refractivity contribution in [1.29, 1.82) is 0 Å². The van der Waals surface area contributed by atoms with Gasteiger partial charge in [0.2, 0.25) is 0 Å². The Morgan fingerprint density at radius 1 is 1.45 bits per heavy atom. The van der Waals surface area contributed by atoms with Gasteiger partial charge in [0.15, 0.2) is 0 Å². The maximum absolute atomic E-state index is 6.02. The third kappa shape index (κ3) is 2.97. The van der Waals surface area contributed by atoms with E-state index in [0.717, 1.165) is 32.1 Å². The maximum atomic E-state index is 6.02. The summed E-state index contributed by atoms with van der Waals surface area (Å²) in [7, 11) is 0. The highest BCUT2D eigenvalue weighted by Crippen LogP contribution is 2.35. The average molecular weight is 277 g/mol. The van der Waals surface area contributed by atoms with Crippen LogP contribution in [0.4, 0.5) is 0 Å². The molecule has 3 rings (SSSR count). The Morgan fingerprint density at radius 3 is 3.20 bits per heavy atom. The van der Waals surface area contributed by atoms with Gasteiger partial charge in [0.25, 0.3) is 0 Å². The van der Waals surface area contributed by atoms with Crippen LogP contribution in [-0.4, -0.2) is 43.4 Å². The van der Waals surface area contributed by atoms with Crippen molar-refractivity contribution in [3.63, 3.8) is 0 Å². The minimum absolute atomic E-state index is 0.309. The lowest BCUT2D eigenvalue weighted by molar-refractivity contribution is -0.0882. The highest BCUT2D eigenvalue weighted by Gasteiger charge is 2.42. The largest absolute Gasteiger partial charge is 0.468 e. The van der Waals surface area contributed by atoms with Gasteiger partial charge in [-0.25, -0.2) is 0 Å². The first-order chi connectivity index (χ1) is 9.88. The number of hydrogen-bond donors (Lipinski definition) is 0. The summed E-state index contributed by atoms with van der Waals surface area (Å²) < 4.78 is 17.1. The van der Waals surface area contributed by atoms with Crippen LogP contribution in [0.5, 0.6) is 0 Å². The molecular weight excluding hydrogens is 254 g/mol. The first kappa shape index (κ1) is 13.9. The minimum Gasteiger partial charge on any atom is -0.468 e. The summed E-state index contributed by atoms with van der Waals surface area (Å²) in [4.78, 5) is 2.50. The van der Waals surface area contributed by atoms with Crippen molar-refractivity contribution in [3.05, 3.63) is 36.8 Å². The molecule has 2 heterocycles. The van der Waals surface area contributed by atoms with Crippen molar-refractivity contribution < 1.29 is 13.9 Å². The first-order valence-electron chi connectivity index (χ1n) is 7.45. The van der Waals surface area contributed by atoms with E-state index < -0.39 is 0 Å². The molecule has 4 heteroatoms. The van der Waals surface area contributed by atoms with Crippen molar-refractivity contribution in [1.82, 2.24) is 4.90 Å². The second kappa shape index (κ2) is 6.57. The summed E-state index contributed by atoms with van der Waals surface area (Å²) >= 11 is 0. The molecule has 0 amide bonds. The quantitative estimate of drug-likeness (QED) is 0.591. The number of furan rings is 1. The number of nitrogens with zero attached hydrogens (tertiary/aromatic N) is 1. The van der Waals surface area contributed by atoms with Crippen LogP contribution in [0.1, 0.15) is 18.6 Å². The summed E-state index contributed by atoms with van der Waals surface area (Å²) in [6.45, 7) is 7.77. The van der Waals surface area contributed by atoms with E-state index in [-0.39, 0.29) is 0 Å². The average Bonchev–Trinajstić information content (AvgIpc) is 3.10. The number of ether oxygens (including phenoxy) is 2. The Hall–Kier alpha value is -1.10. The van der Waals surface area contributed by atoms with Crippen molar-refractivity contribution in [3.8, 4) is 0 Å². The van der Waals surface area contributed by atoms with Crippen molar-refractivity contribution >= 4 is 0 Å². The molecule has 2 aliphatic rings. The summed E-state index contributed by atoms with van der Waals surface area (Å²) in [5.41, 5.74) is 0. The second-order valence-electron chi connectivity index (χ2n) is 5.62. The van der Waals surface area contributed by atoms with E-state index in [1.54, 1.807) is 12.3 Å². The zero-order chi connectivity index (χ0) is 13.8. The molecule has 1 aromatic rings. The van der Waals surface area contributed by atoms with Gasteiger partial charge < -0.3 is 13.9 Å². The highest BCUT2D eigenvalue weighted by atomic mass is 16.5. The molecule has 0 bridgehead atoms. The van der Waals surface area contributed by atoms with E-state index in [1.807, 2.05) is 12.1 Å². The van der Waals surface area contributed by atoms with Crippen LogP contribution < -0.4 is 0 Å². The van der Waals surface area contributed by atoms with Crippen LogP contribution in [0, 0.1) is 5.92 Å². The molecule has 1 saturated carbocycles. The van der Waals surface area contributed by atoms with E-state index in [1.165, 1.54) is 12.8 Å². The normalized spacial score (nSPS) is 30.3. The third-order valence-electron chi connectivity index (χ3n) is 4.34. The van der Waals surface area contributed by atoms with Gasteiger partial charge >= 0.3 is 0 Å². The topological polar surface area (TPSA) is 34.8 Å². The third-order valence-corrected chi connectivity index (χ3v) is 4.34. The lowest BCUT2D eigenvalue weighted by Crippen LogP contribution is -2.50.